The summed E-state index contributed by atoms with van der Waals surface area (Å²) in [5, 5.41) is 7.21. The molecular formula is C24H27N5O2. The maximum atomic E-state index is 12.8. The summed E-state index contributed by atoms with van der Waals surface area (Å²) < 4.78 is 1.76. The molecular weight excluding hydrogens is 390 g/mol. The normalized spacial score (nSPS) is 14.5. The third-order valence-corrected chi connectivity index (χ3v) is 5.79. The van der Waals surface area contributed by atoms with Crippen LogP contribution in [0.15, 0.2) is 60.9 Å². The highest BCUT2D eigenvalue weighted by Gasteiger charge is 2.23. The van der Waals surface area contributed by atoms with Crippen molar-refractivity contribution in [3.05, 3.63) is 77.6 Å². The molecule has 1 aliphatic heterocycles. The van der Waals surface area contributed by atoms with Gasteiger partial charge in [0.25, 0.3) is 5.91 Å². The van der Waals surface area contributed by atoms with Crippen LogP contribution in [0.25, 0.3) is 5.69 Å². The predicted octanol–water partition coefficient (Wildman–Crippen LogP) is 2.89. The Labute approximate surface area is 182 Å². The van der Waals surface area contributed by atoms with Crippen molar-refractivity contribution in [1.29, 1.82) is 0 Å². The number of rotatable bonds is 5. The van der Waals surface area contributed by atoms with E-state index in [1.807, 2.05) is 73.5 Å². The maximum absolute atomic E-state index is 12.8. The van der Waals surface area contributed by atoms with Crippen molar-refractivity contribution in [2.45, 2.75) is 13.8 Å². The Kier molecular flexibility index (Phi) is 6.13. The minimum absolute atomic E-state index is 0.0199. The van der Waals surface area contributed by atoms with Crippen molar-refractivity contribution in [2.24, 2.45) is 0 Å². The Hall–Kier alpha value is -3.45. The van der Waals surface area contributed by atoms with E-state index in [2.05, 4.69) is 15.3 Å². The van der Waals surface area contributed by atoms with E-state index < -0.39 is 0 Å². The molecule has 1 fully saturated rings. The SMILES string of the molecule is Cc1cccc(NC(=O)CN2CCN(C(=O)c3ccc(-n4cccn4)cc3)CC2)c1C. The molecule has 0 bridgehead atoms. The number of hydrogen-bond donors (Lipinski definition) is 1. The molecule has 0 saturated carbocycles. The van der Waals surface area contributed by atoms with E-state index in [0.717, 1.165) is 22.5 Å². The van der Waals surface area contributed by atoms with Crippen LogP contribution in [-0.4, -0.2) is 64.1 Å². The average Bonchev–Trinajstić information content (AvgIpc) is 3.32. The van der Waals surface area contributed by atoms with Gasteiger partial charge in [-0.05, 0) is 61.4 Å². The molecule has 7 nitrogen and oxygen atoms in total. The zero-order valence-electron chi connectivity index (χ0n) is 17.9. The lowest BCUT2D eigenvalue weighted by atomic mass is 10.1. The number of amides is 2. The van der Waals surface area contributed by atoms with E-state index in [1.54, 1.807) is 10.9 Å². The van der Waals surface area contributed by atoms with Gasteiger partial charge in [0.2, 0.25) is 5.91 Å². The van der Waals surface area contributed by atoms with Crippen LogP contribution in [0.1, 0.15) is 21.5 Å². The Morgan fingerprint density at radius 3 is 2.39 bits per heavy atom. The fourth-order valence-corrected chi connectivity index (χ4v) is 3.75. The quantitative estimate of drug-likeness (QED) is 0.693. The van der Waals surface area contributed by atoms with Crippen molar-refractivity contribution < 1.29 is 9.59 Å². The van der Waals surface area contributed by atoms with Crippen LogP contribution in [-0.2, 0) is 4.79 Å². The van der Waals surface area contributed by atoms with Crippen molar-refractivity contribution in [2.75, 3.05) is 38.0 Å². The molecule has 0 unspecified atom stereocenters. The number of carbonyl (C=O) groups is 2. The number of hydrogen-bond acceptors (Lipinski definition) is 4. The third-order valence-electron chi connectivity index (χ3n) is 5.79. The first kappa shape index (κ1) is 20.8. The van der Waals surface area contributed by atoms with Crippen LogP contribution in [0, 0.1) is 13.8 Å². The molecule has 0 radical (unpaired) electrons. The highest BCUT2D eigenvalue weighted by Crippen LogP contribution is 2.18. The van der Waals surface area contributed by atoms with E-state index in [1.165, 1.54) is 0 Å². The zero-order chi connectivity index (χ0) is 21.8. The Bertz CT molecular complexity index is 1050. The molecule has 1 aromatic heterocycles. The molecule has 2 aromatic carbocycles. The second-order valence-electron chi connectivity index (χ2n) is 7.86. The first-order valence-electron chi connectivity index (χ1n) is 10.5. The van der Waals surface area contributed by atoms with E-state index in [4.69, 9.17) is 0 Å². The molecule has 0 spiro atoms. The smallest absolute Gasteiger partial charge is 0.253 e. The molecule has 2 heterocycles. The van der Waals surface area contributed by atoms with E-state index >= 15 is 0 Å². The summed E-state index contributed by atoms with van der Waals surface area (Å²) in [5.74, 6) is -0.00538. The van der Waals surface area contributed by atoms with Crippen molar-refractivity contribution in [3.63, 3.8) is 0 Å². The van der Waals surface area contributed by atoms with Gasteiger partial charge in [-0.15, -0.1) is 0 Å². The maximum Gasteiger partial charge on any atom is 0.253 e. The average molecular weight is 418 g/mol. The van der Waals surface area contributed by atoms with Crippen molar-refractivity contribution in [1.82, 2.24) is 19.6 Å². The molecule has 1 N–H and O–H groups in total. The van der Waals surface area contributed by atoms with Gasteiger partial charge in [-0.3, -0.25) is 14.5 Å². The highest BCUT2D eigenvalue weighted by atomic mass is 16.2. The van der Waals surface area contributed by atoms with Gasteiger partial charge in [-0.1, -0.05) is 12.1 Å². The number of nitrogens with one attached hydrogen (secondary N) is 1. The number of carbonyl (C=O) groups excluding carboxylic acids is 2. The van der Waals surface area contributed by atoms with E-state index in [0.29, 0.717) is 38.3 Å². The third kappa shape index (κ3) is 4.83. The summed E-state index contributed by atoms with van der Waals surface area (Å²) in [6.45, 7) is 6.94. The van der Waals surface area contributed by atoms with Gasteiger partial charge in [0.05, 0.1) is 12.2 Å². The number of nitrogens with zero attached hydrogens (tertiary/aromatic N) is 4. The van der Waals surface area contributed by atoms with Crippen molar-refractivity contribution in [3.8, 4) is 5.69 Å². The predicted molar refractivity (Wildman–Crippen MR) is 120 cm³/mol. The molecule has 31 heavy (non-hydrogen) atoms. The summed E-state index contributed by atoms with van der Waals surface area (Å²) in [6, 6.07) is 15.2. The summed E-state index contributed by atoms with van der Waals surface area (Å²) in [4.78, 5) is 29.3. The van der Waals surface area contributed by atoms with Crippen LogP contribution in [0.5, 0.6) is 0 Å². The van der Waals surface area contributed by atoms with Crippen LogP contribution in [0.3, 0.4) is 0 Å². The van der Waals surface area contributed by atoms with E-state index in [9.17, 15) is 9.59 Å². The molecule has 4 rings (SSSR count). The number of anilines is 1. The topological polar surface area (TPSA) is 70.5 Å². The van der Waals surface area contributed by atoms with Crippen molar-refractivity contribution >= 4 is 17.5 Å². The molecule has 3 aromatic rings. The Morgan fingerprint density at radius 1 is 0.968 bits per heavy atom. The molecule has 1 saturated heterocycles. The molecule has 0 atom stereocenters. The van der Waals surface area contributed by atoms with Gasteiger partial charge in [0, 0.05) is 49.8 Å². The van der Waals surface area contributed by atoms with Crippen LogP contribution >= 0.6 is 0 Å². The fraction of sp³-hybridized carbons (Fsp3) is 0.292. The molecule has 7 heteroatoms. The van der Waals surface area contributed by atoms with Gasteiger partial charge in [0.1, 0.15) is 0 Å². The monoisotopic (exact) mass is 417 g/mol. The second-order valence-corrected chi connectivity index (χ2v) is 7.86. The second kappa shape index (κ2) is 9.14. The van der Waals surface area contributed by atoms with Gasteiger partial charge >= 0.3 is 0 Å². The Morgan fingerprint density at radius 2 is 1.71 bits per heavy atom. The van der Waals surface area contributed by atoms with Gasteiger partial charge in [-0.2, -0.15) is 5.10 Å². The standard InChI is InChI=1S/C24H27N5O2/c1-18-5-3-6-22(19(18)2)26-23(30)17-27-13-15-28(16-14-27)24(31)20-7-9-21(10-8-20)29-12-4-11-25-29/h3-12H,13-17H2,1-2H3,(H,26,30). The molecule has 1 aliphatic rings. The fourth-order valence-electron chi connectivity index (χ4n) is 3.75. The first-order valence-corrected chi connectivity index (χ1v) is 10.5. The minimum Gasteiger partial charge on any atom is -0.336 e. The van der Waals surface area contributed by atoms with Gasteiger partial charge < -0.3 is 10.2 Å². The number of aryl methyl sites for hydroxylation is 1. The Balaban J connectivity index is 1.28. The lowest BCUT2D eigenvalue weighted by Gasteiger charge is -2.34. The molecule has 160 valence electrons. The number of benzene rings is 2. The van der Waals surface area contributed by atoms with Crippen LogP contribution < -0.4 is 5.32 Å². The lowest BCUT2D eigenvalue weighted by Crippen LogP contribution is -2.50. The largest absolute Gasteiger partial charge is 0.336 e. The highest BCUT2D eigenvalue weighted by molar-refractivity contribution is 5.95. The summed E-state index contributed by atoms with van der Waals surface area (Å²) in [7, 11) is 0. The molecule has 0 aliphatic carbocycles. The number of aromatic nitrogens is 2. The summed E-state index contributed by atoms with van der Waals surface area (Å²) >= 11 is 0. The van der Waals surface area contributed by atoms with Crippen LogP contribution in [0.2, 0.25) is 0 Å². The van der Waals surface area contributed by atoms with Gasteiger partial charge in [-0.25, -0.2) is 4.68 Å². The van der Waals surface area contributed by atoms with E-state index in [-0.39, 0.29) is 11.8 Å². The summed E-state index contributed by atoms with van der Waals surface area (Å²) in [5.41, 5.74) is 4.68. The first-order chi connectivity index (χ1) is 15.0. The minimum atomic E-state index is -0.0253. The van der Waals surface area contributed by atoms with Crippen LogP contribution in [0.4, 0.5) is 5.69 Å². The number of piperazine rings is 1. The lowest BCUT2D eigenvalue weighted by molar-refractivity contribution is -0.117. The zero-order valence-corrected chi connectivity index (χ0v) is 17.9. The summed E-state index contributed by atoms with van der Waals surface area (Å²) in [6.07, 6.45) is 3.59. The van der Waals surface area contributed by atoms with Gasteiger partial charge in [0.15, 0.2) is 0 Å². The molecule has 2 amide bonds.